The Hall–Kier alpha value is -4.23. The Morgan fingerprint density at radius 3 is 2.17 bits per heavy atom. The van der Waals surface area contributed by atoms with Crippen LogP contribution in [0.25, 0.3) is 32.7 Å². The molecule has 35 heavy (non-hydrogen) atoms. The van der Waals surface area contributed by atoms with Crippen LogP contribution in [0.4, 0.5) is 5.69 Å². The predicted octanol–water partition coefficient (Wildman–Crippen LogP) is 6.27. The van der Waals surface area contributed by atoms with Crippen LogP contribution in [-0.2, 0) is 10.0 Å². The lowest BCUT2D eigenvalue weighted by atomic mass is 9.93. The summed E-state index contributed by atoms with van der Waals surface area (Å²) in [4.78, 5) is 0.0765. The zero-order valence-electron chi connectivity index (χ0n) is 18.9. The van der Waals surface area contributed by atoms with Gasteiger partial charge >= 0.3 is 0 Å². The van der Waals surface area contributed by atoms with Gasteiger partial charge in [0.15, 0.2) is 0 Å². The first-order chi connectivity index (χ1) is 16.9. The van der Waals surface area contributed by atoms with Crippen LogP contribution in [0, 0.1) is 0 Å². The fourth-order valence-electron chi connectivity index (χ4n) is 4.26. The highest BCUT2D eigenvalue weighted by molar-refractivity contribution is 7.92. The van der Waals surface area contributed by atoms with Crippen LogP contribution >= 0.6 is 0 Å². The number of fused-ring (bicyclic) bond motifs is 2. The largest absolute Gasteiger partial charge is 0.507 e. The highest BCUT2D eigenvalue weighted by Crippen LogP contribution is 2.46. The number of phenolic OH excluding ortho intramolecular Hbond substituents is 2. The second kappa shape index (κ2) is 8.85. The first kappa shape index (κ1) is 22.6. The van der Waals surface area contributed by atoms with E-state index in [0.717, 1.165) is 10.8 Å². The minimum absolute atomic E-state index is 0.0189. The summed E-state index contributed by atoms with van der Waals surface area (Å²) < 4.78 is 34.6. The number of rotatable bonds is 6. The molecule has 0 bridgehead atoms. The molecular formula is C28H23NO5S. The Labute approximate surface area is 203 Å². The third-order valence-corrected chi connectivity index (χ3v) is 7.26. The van der Waals surface area contributed by atoms with Crippen molar-refractivity contribution in [3.05, 3.63) is 91.0 Å². The summed E-state index contributed by atoms with van der Waals surface area (Å²) in [5, 5.41) is 24.6. The summed E-state index contributed by atoms with van der Waals surface area (Å²) in [5.74, 6) is 0.515. The summed E-state index contributed by atoms with van der Waals surface area (Å²) in [6, 6.07) is 25.6. The molecule has 7 heteroatoms. The van der Waals surface area contributed by atoms with Crippen LogP contribution in [0.5, 0.6) is 17.2 Å². The summed E-state index contributed by atoms with van der Waals surface area (Å²) in [7, 11) is -3.95. The van der Waals surface area contributed by atoms with Gasteiger partial charge in [-0.25, -0.2) is 8.42 Å². The van der Waals surface area contributed by atoms with Gasteiger partial charge in [0.1, 0.15) is 17.2 Å². The van der Waals surface area contributed by atoms with E-state index in [4.69, 9.17) is 4.74 Å². The van der Waals surface area contributed by atoms with Crippen LogP contribution in [0.1, 0.15) is 6.92 Å². The Morgan fingerprint density at radius 1 is 0.800 bits per heavy atom. The van der Waals surface area contributed by atoms with Crippen molar-refractivity contribution >= 4 is 37.3 Å². The molecule has 176 valence electrons. The zero-order valence-corrected chi connectivity index (χ0v) is 19.7. The smallest absolute Gasteiger partial charge is 0.261 e. The Balaban J connectivity index is 1.69. The van der Waals surface area contributed by atoms with Crippen molar-refractivity contribution in [1.29, 1.82) is 0 Å². The maximum absolute atomic E-state index is 13.3. The zero-order chi connectivity index (χ0) is 24.6. The van der Waals surface area contributed by atoms with Crippen molar-refractivity contribution in [2.45, 2.75) is 11.8 Å². The third-order valence-electron chi connectivity index (χ3n) is 5.88. The second-order valence-corrected chi connectivity index (χ2v) is 9.74. The molecule has 0 fully saturated rings. The van der Waals surface area contributed by atoms with Crippen LogP contribution in [0.2, 0.25) is 0 Å². The van der Waals surface area contributed by atoms with E-state index in [1.54, 1.807) is 54.6 Å². The minimum Gasteiger partial charge on any atom is -0.507 e. The van der Waals surface area contributed by atoms with Gasteiger partial charge in [0.25, 0.3) is 10.0 Å². The van der Waals surface area contributed by atoms with Gasteiger partial charge in [-0.3, -0.25) is 4.72 Å². The maximum Gasteiger partial charge on any atom is 0.261 e. The fraction of sp³-hybridized carbons (Fsp3) is 0.0714. The summed E-state index contributed by atoms with van der Waals surface area (Å²) in [6.45, 7) is 2.33. The molecule has 0 saturated carbocycles. The molecule has 0 spiro atoms. The van der Waals surface area contributed by atoms with Gasteiger partial charge in [0.05, 0.1) is 17.2 Å². The van der Waals surface area contributed by atoms with E-state index in [2.05, 4.69) is 4.72 Å². The van der Waals surface area contributed by atoms with Gasteiger partial charge in [0, 0.05) is 21.9 Å². The number of anilines is 1. The van der Waals surface area contributed by atoms with E-state index in [1.807, 2.05) is 31.2 Å². The number of ether oxygens (including phenoxy) is 1. The van der Waals surface area contributed by atoms with Crippen molar-refractivity contribution < 1.29 is 23.4 Å². The molecule has 3 N–H and O–H groups in total. The standard InChI is InChI=1S/C28H23NO5S/c1-2-34-19-12-14-20(15-13-19)35(32,33)29-25-17-24(28(31)23-10-6-5-9-22(23)25)27-21-8-4-3-7-18(21)11-16-26(27)30/h3-17,29-31H,2H2,1H3. The third kappa shape index (κ3) is 4.11. The SMILES string of the molecule is CCOc1ccc(S(=O)(=O)Nc2cc(-c3c(O)ccc4ccccc34)c(O)c3ccccc23)cc1. The summed E-state index contributed by atoms with van der Waals surface area (Å²) in [5.41, 5.74) is 1.03. The molecular weight excluding hydrogens is 462 g/mol. The first-order valence-corrected chi connectivity index (χ1v) is 12.6. The van der Waals surface area contributed by atoms with Gasteiger partial charge in [-0.15, -0.1) is 0 Å². The summed E-state index contributed by atoms with van der Waals surface area (Å²) >= 11 is 0. The van der Waals surface area contributed by atoms with E-state index >= 15 is 0 Å². The van der Waals surface area contributed by atoms with Gasteiger partial charge < -0.3 is 14.9 Å². The van der Waals surface area contributed by atoms with Gasteiger partial charge in [-0.05, 0) is 54.1 Å². The predicted molar refractivity (Wildman–Crippen MR) is 139 cm³/mol. The fourth-order valence-corrected chi connectivity index (χ4v) is 5.33. The normalized spacial score (nSPS) is 11.6. The lowest BCUT2D eigenvalue weighted by molar-refractivity contribution is 0.340. The number of hydrogen-bond donors (Lipinski definition) is 3. The molecule has 0 aliphatic heterocycles. The van der Waals surface area contributed by atoms with Crippen molar-refractivity contribution in [3.63, 3.8) is 0 Å². The van der Waals surface area contributed by atoms with Crippen molar-refractivity contribution in [2.24, 2.45) is 0 Å². The molecule has 0 unspecified atom stereocenters. The quantitative estimate of drug-likeness (QED) is 0.246. The maximum atomic E-state index is 13.3. The second-order valence-electron chi connectivity index (χ2n) is 8.06. The van der Waals surface area contributed by atoms with Gasteiger partial charge in [-0.2, -0.15) is 0 Å². The van der Waals surface area contributed by atoms with E-state index < -0.39 is 10.0 Å². The highest BCUT2D eigenvalue weighted by Gasteiger charge is 2.21. The molecule has 5 aromatic rings. The first-order valence-electron chi connectivity index (χ1n) is 11.1. The lowest BCUT2D eigenvalue weighted by Crippen LogP contribution is -2.13. The average molecular weight is 486 g/mol. The number of phenols is 2. The Bertz CT molecular complexity index is 1660. The molecule has 5 rings (SSSR count). The Kier molecular flexibility index (Phi) is 5.70. The molecule has 0 saturated heterocycles. The molecule has 0 aliphatic carbocycles. The molecule has 0 amide bonds. The van der Waals surface area contributed by atoms with E-state index in [1.165, 1.54) is 12.1 Å². The van der Waals surface area contributed by atoms with Crippen molar-refractivity contribution in [2.75, 3.05) is 11.3 Å². The van der Waals surface area contributed by atoms with Crippen LogP contribution in [0.3, 0.4) is 0 Å². The minimum atomic E-state index is -3.95. The van der Waals surface area contributed by atoms with Crippen LogP contribution < -0.4 is 9.46 Å². The molecule has 0 aliphatic rings. The topological polar surface area (TPSA) is 95.9 Å². The van der Waals surface area contributed by atoms with Crippen molar-refractivity contribution in [3.8, 4) is 28.4 Å². The van der Waals surface area contributed by atoms with E-state index in [0.29, 0.717) is 34.3 Å². The Morgan fingerprint density at radius 2 is 1.46 bits per heavy atom. The van der Waals surface area contributed by atoms with E-state index in [-0.39, 0.29) is 22.1 Å². The lowest BCUT2D eigenvalue weighted by Gasteiger charge is -2.17. The monoisotopic (exact) mass is 485 g/mol. The number of aromatic hydroxyl groups is 2. The molecule has 0 heterocycles. The molecule has 6 nitrogen and oxygen atoms in total. The van der Waals surface area contributed by atoms with E-state index in [9.17, 15) is 18.6 Å². The number of benzene rings is 5. The van der Waals surface area contributed by atoms with Crippen molar-refractivity contribution in [1.82, 2.24) is 0 Å². The molecule has 0 atom stereocenters. The average Bonchev–Trinajstić information content (AvgIpc) is 2.86. The summed E-state index contributed by atoms with van der Waals surface area (Å²) in [6.07, 6.45) is 0. The number of nitrogens with one attached hydrogen (secondary N) is 1. The number of sulfonamides is 1. The highest BCUT2D eigenvalue weighted by atomic mass is 32.2. The van der Waals surface area contributed by atoms with Gasteiger partial charge in [0.2, 0.25) is 0 Å². The van der Waals surface area contributed by atoms with Gasteiger partial charge in [-0.1, -0.05) is 54.6 Å². The molecule has 5 aromatic carbocycles. The van der Waals surface area contributed by atoms with Crippen LogP contribution in [-0.4, -0.2) is 25.2 Å². The molecule has 0 aromatic heterocycles. The number of hydrogen-bond acceptors (Lipinski definition) is 5. The molecule has 0 radical (unpaired) electrons. The van der Waals surface area contributed by atoms with Crippen LogP contribution in [0.15, 0.2) is 95.9 Å².